The molecule has 1 aromatic heterocycles. The predicted molar refractivity (Wildman–Crippen MR) is 163 cm³/mol. The van der Waals surface area contributed by atoms with Gasteiger partial charge in [-0.2, -0.15) is 0 Å². The quantitative estimate of drug-likeness (QED) is 0.228. The molecule has 0 saturated heterocycles. The van der Waals surface area contributed by atoms with Gasteiger partial charge >= 0.3 is 0 Å². The number of benzene rings is 4. The number of hydrogen-bond acceptors (Lipinski definition) is 1. The Kier molecular flexibility index (Phi) is 6.53. The summed E-state index contributed by atoms with van der Waals surface area (Å²) in [7, 11) is 0. The fraction of sp³-hybridized carbons (Fsp3) is 0.0278. The molecule has 178 valence electrons. The molecular weight excluding hydrogens is 446 g/mol. The summed E-state index contributed by atoms with van der Waals surface area (Å²) in [6.45, 7) is 18.6. The van der Waals surface area contributed by atoms with Crippen molar-refractivity contribution in [3.05, 3.63) is 139 Å². The number of aromatic nitrogens is 1. The molecule has 1 heteroatoms. The van der Waals surface area contributed by atoms with Gasteiger partial charge in [0.15, 0.2) is 0 Å². The van der Waals surface area contributed by atoms with Gasteiger partial charge in [-0.15, -0.1) is 0 Å². The van der Waals surface area contributed by atoms with Crippen molar-refractivity contribution in [2.75, 3.05) is 0 Å². The normalized spacial score (nSPS) is 10.7. The van der Waals surface area contributed by atoms with E-state index in [0.717, 1.165) is 66.6 Å². The zero-order valence-electron chi connectivity index (χ0n) is 21.2. The molecule has 0 fully saturated rings. The third-order valence-corrected chi connectivity index (χ3v) is 6.92. The van der Waals surface area contributed by atoms with Crippen molar-refractivity contribution in [3.63, 3.8) is 0 Å². The molecule has 0 amide bonds. The fourth-order valence-corrected chi connectivity index (χ4v) is 5.25. The topological polar surface area (TPSA) is 12.9 Å². The average Bonchev–Trinajstić information content (AvgIpc) is 2.95. The second kappa shape index (κ2) is 10.1. The lowest BCUT2D eigenvalue weighted by atomic mass is 9.81. The van der Waals surface area contributed by atoms with E-state index in [1.807, 2.05) is 36.7 Å². The summed E-state index contributed by atoms with van der Waals surface area (Å²) in [5.74, 6) is 0. The minimum atomic E-state index is 1.05. The number of hydrogen-bond donors (Lipinski definition) is 0. The van der Waals surface area contributed by atoms with Crippen molar-refractivity contribution in [1.29, 1.82) is 0 Å². The Balaban J connectivity index is 1.82. The second-order valence-corrected chi connectivity index (χ2v) is 9.08. The van der Waals surface area contributed by atoms with E-state index in [1.54, 1.807) is 0 Å². The molecule has 0 spiro atoms. The molecular formula is C36H29N. The van der Waals surface area contributed by atoms with Crippen LogP contribution in [0.4, 0.5) is 0 Å². The van der Waals surface area contributed by atoms with Gasteiger partial charge in [-0.1, -0.05) is 117 Å². The highest BCUT2D eigenvalue weighted by molar-refractivity contribution is 6.12. The Morgan fingerprint density at radius 3 is 1.81 bits per heavy atom. The van der Waals surface area contributed by atoms with Gasteiger partial charge in [0.25, 0.3) is 0 Å². The van der Waals surface area contributed by atoms with Crippen molar-refractivity contribution >= 4 is 35.1 Å². The number of fused-ring (bicyclic) bond motifs is 1. The molecule has 0 saturated carbocycles. The third-order valence-electron chi connectivity index (χ3n) is 6.92. The first-order valence-electron chi connectivity index (χ1n) is 12.4. The first-order chi connectivity index (χ1) is 18.1. The van der Waals surface area contributed by atoms with Crippen molar-refractivity contribution in [3.8, 4) is 33.4 Å². The van der Waals surface area contributed by atoms with Crippen LogP contribution in [0.25, 0.3) is 68.5 Å². The lowest BCUT2D eigenvalue weighted by Crippen LogP contribution is -1.98. The minimum absolute atomic E-state index is 1.05. The van der Waals surface area contributed by atoms with Crippen LogP contribution in [0, 0.1) is 6.92 Å². The molecule has 0 radical (unpaired) electrons. The van der Waals surface area contributed by atoms with E-state index in [-0.39, 0.29) is 0 Å². The Labute approximate surface area is 219 Å². The number of nitrogens with zero attached hydrogens (tertiary/aromatic N) is 1. The van der Waals surface area contributed by atoms with Crippen LogP contribution in [-0.2, 0) is 0 Å². The van der Waals surface area contributed by atoms with Gasteiger partial charge in [-0.05, 0) is 79.4 Å². The molecule has 5 rings (SSSR count). The molecule has 0 atom stereocenters. The fourth-order valence-electron chi connectivity index (χ4n) is 5.25. The maximum Gasteiger partial charge on any atom is 0.0346 e. The molecule has 0 aliphatic carbocycles. The summed E-state index contributed by atoms with van der Waals surface area (Å²) >= 11 is 0. The van der Waals surface area contributed by atoms with E-state index in [2.05, 4.69) is 111 Å². The van der Waals surface area contributed by atoms with E-state index < -0.39 is 0 Å². The smallest absolute Gasteiger partial charge is 0.0346 e. The van der Waals surface area contributed by atoms with Crippen LogP contribution < -0.4 is 0 Å². The van der Waals surface area contributed by atoms with Crippen LogP contribution in [0.2, 0.25) is 0 Å². The zero-order chi connectivity index (χ0) is 25.9. The summed E-state index contributed by atoms with van der Waals surface area (Å²) < 4.78 is 0. The summed E-state index contributed by atoms with van der Waals surface area (Å²) in [6, 6.07) is 25.7. The Hall–Kier alpha value is -4.75. The standard InChI is InChI=1S/C36H29N/c1-6-25-13-12-16-32(29(25)7-2)36-31(9-4)30(8-3)35(33-14-10-11-15-34(33)36)27-19-17-26(18-20-27)28-21-24(5)22-37-23-28/h6-23H,1-4H2,5H3. The van der Waals surface area contributed by atoms with Gasteiger partial charge in [0.05, 0.1) is 0 Å². The monoisotopic (exact) mass is 475 g/mol. The zero-order valence-corrected chi connectivity index (χ0v) is 21.2. The molecule has 1 heterocycles. The summed E-state index contributed by atoms with van der Waals surface area (Å²) in [4.78, 5) is 4.36. The lowest BCUT2D eigenvalue weighted by Gasteiger charge is -2.22. The highest BCUT2D eigenvalue weighted by Gasteiger charge is 2.20. The molecule has 4 aromatic carbocycles. The highest BCUT2D eigenvalue weighted by atomic mass is 14.6. The van der Waals surface area contributed by atoms with Crippen molar-refractivity contribution in [2.45, 2.75) is 6.92 Å². The van der Waals surface area contributed by atoms with Gasteiger partial charge in [-0.25, -0.2) is 0 Å². The highest BCUT2D eigenvalue weighted by Crippen LogP contribution is 2.44. The largest absolute Gasteiger partial charge is 0.264 e. The van der Waals surface area contributed by atoms with E-state index in [1.165, 1.54) is 5.39 Å². The minimum Gasteiger partial charge on any atom is -0.264 e. The maximum absolute atomic E-state index is 4.36. The summed E-state index contributed by atoms with van der Waals surface area (Å²) in [5.41, 5.74) is 12.2. The van der Waals surface area contributed by atoms with Crippen LogP contribution in [0.5, 0.6) is 0 Å². The van der Waals surface area contributed by atoms with Gasteiger partial charge in [0.1, 0.15) is 0 Å². The summed E-state index contributed by atoms with van der Waals surface area (Å²) in [6.07, 6.45) is 11.5. The van der Waals surface area contributed by atoms with Crippen LogP contribution in [0.3, 0.4) is 0 Å². The SMILES string of the molecule is C=Cc1cccc(-c2c(C=C)c(C=C)c(-c3ccc(-c4cncc(C)c4)cc3)c3ccccc23)c1C=C. The van der Waals surface area contributed by atoms with E-state index in [9.17, 15) is 0 Å². The molecule has 5 aromatic rings. The summed E-state index contributed by atoms with van der Waals surface area (Å²) in [5, 5.41) is 2.33. The van der Waals surface area contributed by atoms with Crippen LogP contribution in [-0.4, -0.2) is 4.98 Å². The number of rotatable bonds is 7. The predicted octanol–water partition coefficient (Wildman–Crippen LogP) is 10.1. The van der Waals surface area contributed by atoms with Crippen molar-refractivity contribution in [1.82, 2.24) is 4.98 Å². The first kappa shape index (κ1) is 24.0. The van der Waals surface area contributed by atoms with Gasteiger partial charge in [0, 0.05) is 18.0 Å². The van der Waals surface area contributed by atoms with Crippen molar-refractivity contribution in [2.24, 2.45) is 0 Å². The third kappa shape index (κ3) is 4.15. The van der Waals surface area contributed by atoms with Gasteiger partial charge in [-0.3, -0.25) is 4.98 Å². The molecule has 1 nitrogen and oxygen atoms in total. The van der Waals surface area contributed by atoms with Crippen LogP contribution in [0.15, 0.2) is 112 Å². The molecule has 0 bridgehead atoms. The molecule has 0 unspecified atom stereocenters. The van der Waals surface area contributed by atoms with E-state index in [4.69, 9.17) is 0 Å². The van der Waals surface area contributed by atoms with Crippen LogP contribution in [0.1, 0.15) is 27.8 Å². The average molecular weight is 476 g/mol. The van der Waals surface area contributed by atoms with Crippen molar-refractivity contribution < 1.29 is 0 Å². The van der Waals surface area contributed by atoms with E-state index >= 15 is 0 Å². The Bertz CT molecular complexity index is 1680. The maximum atomic E-state index is 4.36. The Morgan fingerprint density at radius 1 is 0.568 bits per heavy atom. The second-order valence-electron chi connectivity index (χ2n) is 9.08. The molecule has 37 heavy (non-hydrogen) atoms. The van der Waals surface area contributed by atoms with Crippen LogP contribution >= 0.6 is 0 Å². The van der Waals surface area contributed by atoms with Gasteiger partial charge < -0.3 is 0 Å². The lowest BCUT2D eigenvalue weighted by molar-refractivity contribution is 1.27. The molecule has 0 N–H and O–H groups in total. The Morgan fingerprint density at radius 2 is 1.19 bits per heavy atom. The van der Waals surface area contributed by atoms with Gasteiger partial charge in [0.2, 0.25) is 0 Å². The number of pyridine rings is 1. The first-order valence-corrected chi connectivity index (χ1v) is 12.4. The van der Waals surface area contributed by atoms with E-state index in [0.29, 0.717) is 0 Å². The molecule has 0 aliphatic heterocycles. The molecule has 0 aliphatic rings. The number of aryl methyl sites for hydroxylation is 1.